The smallest absolute Gasteiger partial charge is 0.449 e. The Labute approximate surface area is 172 Å². The van der Waals surface area contributed by atoms with Crippen molar-refractivity contribution in [3.63, 3.8) is 0 Å². The standard InChI is InChI=1S/C24H32O5/c1-3-13-10-14-11-15(25)4-5-16(14)17-6-7-23(2)21(20(13)17)18-12-19(18)24(23,28)8-9-29-22(26)27/h8-9,11,13,16-21,28H,3-7,10,12H2,1-2H3,(H,26,27)/b9-8-/t13-,16+,17-,18+,19-,20-,21+,23+,24+/m1/s1. The highest BCUT2D eigenvalue weighted by Crippen LogP contribution is 2.76. The zero-order chi connectivity index (χ0) is 20.6. The zero-order valence-corrected chi connectivity index (χ0v) is 17.3. The van der Waals surface area contributed by atoms with E-state index in [0.29, 0.717) is 47.7 Å². The van der Waals surface area contributed by atoms with Gasteiger partial charge in [-0.05, 0) is 85.7 Å². The first-order chi connectivity index (χ1) is 13.8. The molecule has 0 aromatic carbocycles. The van der Waals surface area contributed by atoms with Crippen molar-refractivity contribution in [2.24, 2.45) is 46.8 Å². The van der Waals surface area contributed by atoms with E-state index in [1.54, 1.807) is 6.08 Å². The van der Waals surface area contributed by atoms with Crippen molar-refractivity contribution >= 4 is 11.9 Å². The van der Waals surface area contributed by atoms with Gasteiger partial charge in [-0.1, -0.05) is 25.8 Å². The molecule has 0 aromatic rings. The Balaban J connectivity index is 1.50. The Morgan fingerprint density at radius 1 is 1.34 bits per heavy atom. The number of hydrogen-bond donors (Lipinski definition) is 2. The van der Waals surface area contributed by atoms with Crippen LogP contribution in [-0.4, -0.2) is 27.8 Å². The van der Waals surface area contributed by atoms with Crippen molar-refractivity contribution in [1.82, 2.24) is 0 Å². The minimum atomic E-state index is -1.34. The Morgan fingerprint density at radius 3 is 2.86 bits per heavy atom. The molecule has 0 radical (unpaired) electrons. The lowest BCUT2D eigenvalue weighted by Crippen LogP contribution is -2.56. The maximum atomic E-state index is 12.0. The van der Waals surface area contributed by atoms with Gasteiger partial charge in [-0.3, -0.25) is 4.79 Å². The highest BCUT2D eigenvalue weighted by molar-refractivity contribution is 5.91. The minimum Gasteiger partial charge on any atom is -0.449 e. The number of aliphatic hydroxyl groups is 1. The van der Waals surface area contributed by atoms with E-state index in [-0.39, 0.29) is 11.3 Å². The number of carboxylic acid groups (broad SMARTS) is 1. The predicted octanol–water partition coefficient (Wildman–Crippen LogP) is 4.56. The summed E-state index contributed by atoms with van der Waals surface area (Å²) in [6, 6.07) is 0. The summed E-state index contributed by atoms with van der Waals surface area (Å²) in [6.45, 7) is 4.50. The fourth-order valence-corrected chi connectivity index (χ4v) is 8.33. The molecule has 5 heteroatoms. The van der Waals surface area contributed by atoms with Gasteiger partial charge in [0.15, 0.2) is 5.78 Å². The van der Waals surface area contributed by atoms with Gasteiger partial charge >= 0.3 is 6.16 Å². The molecule has 5 aliphatic rings. The number of carbonyl (C=O) groups excluding carboxylic acids is 1. The number of ketones is 1. The van der Waals surface area contributed by atoms with E-state index in [0.717, 1.165) is 38.5 Å². The quantitative estimate of drug-likeness (QED) is 0.536. The molecule has 5 rings (SSSR count). The second-order valence-corrected chi connectivity index (χ2v) is 10.4. The maximum absolute atomic E-state index is 12.0. The number of rotatable bonds is 3. The molecule has 0 heterocycles. The number of fused-ring (bicyclic) bond motifs is 7. The topological polar surface area (TPSA) is 83.8 Å². The molecule has 0 unspecified atom stereocenters. The molecule has 4 fully saturated rings. The lowest BCUT2D eigenvalue weighted by Gasteiger charge is -2.59. The molecule has 0 spiro atoms. The van der Waals surface area contributed by atoms with Gasteiger partial charge in [-0.15, -0.1) is 0 Å². The molecular weight excluding hydrogens is 368 g/mol. The number of carbonyl (C=O) groups is 2. The van der Waals surface area contributed by atoms with E-state index in [4.69, 9.17) is 5.11 Å². The molecule has 5 nitrogen and oxygen atoms in total. The van der Waals surface area contributed by atoms with Crippen LogP contribution in [0.15, 0.2) is 24.0 Å². The van der Waals surface area contributed by atoms with Crippen LogP contribution in [0.1, 0.15) is 58.8 Å². The predicted molar refractivity (Wildman–Crippen MR) is 107 cm³/mol. The summed E-state index contributed by atoms with van der Waals surface area (Å²) in [5, 5.41) is 20.6. The fraction of sp³-hybridized carbons (Fsp3) is 0.750. The molecule has 0 aromatic heterocycles. The molecular formula is C24H32O5. The third-order valence-electron chi connectivity index (χ3n) is 9.52. The van der Waals surface area contributed by atoms with E-state index in [1.807, 2.05) is 6.08 Å². The Kier molecular flexibility index (Phi) is 4.29. The van der Waals surface area contributed by atoms with Gasteiger partial charge < -0.3 is 14.9 Å². The molecule has 0 amide bonds. The van der Waals surface area contributed by atoms with E-state index < -0.39 is 11.8 Å². The summed E-state index contributed by atoms with van der Waals surface area (Å²) in [5.41, 5.74) is 0.173. The second kappa shape index (κ2) is 6.44. The summed E-state index contributed by atoms with van der Waals surface area (Å²) in [5.74, 6) is 3.83. The van der Waals surface area contributed by atoms with E-state index >= 15 is 0 Å². The minimum absolute atomic E-state index is 0.215. The van der Waals surface area contributed by atoms with Gasteiger partial charge in [0.05, 0.1) is 11.9 Å². The van der Waals surface area contributed by atoms with Gasteiger partial charge in [0.25, 0.3) is 0 Å². The van der Waals surface area contributed by atoms with E-state index in [2.05, 4.69) is 18.6 Å². The molecule has 0 bridgehead atoms. The molecule has 9 atom stereocenters. The Morgan fingerprint density at radius 2 is 2.14 bits per heavy atom. The van der Waals surface area contributed by atoms with Crippen molar-refractivity contribution in [3.8, 4) is 0 Å². The summed E-state index contributed by atoms with van der Waals surface area (Å²) in [7, 11) is 0. The largest absolute Gasteiger partial charge is 0.510 e. The van der Waals surface area contributed by atoms with E-state index in [1.165, 1.54) is 11.8 Å². The first-order valence-corrected chi connectivity index (χ1v) is 11.3. The molecule has 0 saturated heterocycles. The van der Waals surface area contributed by atoms with Crippen molar-refractivity contribution < 1.29 is 24.5 Å². The second-order valence-electron chi connectivity index (χ2n) is 10.4. The van der Waals surface area contributed by atoms with Gasteiger partial charge in [0.1, 0.15) is 0 Å². The van der Waals surface area contributed by atoms with Crippen LogP contribution in [0.25, 0.3) is 0 Å². The average Bonchev–Trinajstić information content (AvgIpc) is 3.43. The molecule has 0 aliphatic heterocycles. The number of allylic oxidation sites excluding steroid dienone is 1. The Bertz CT molecular complexity index is 799. The molecule has 2 N–H and O–H groups in total. The maximum Gasteiger partial charge on any atom is 0.510 e. The van der Waals surface area contributed by atoms with Crippen molar-refractivity contribution in [2.75, 3.05) is 0 Å². The van der Waals surface area contributed by atoms with Crippen LogP contribution in [0.2, 0.25) is 0 Å². The number of hydrogen-bond acceptors (Lipinski definition) is 4. The lowest BCUT2D eigenvalue weighted by atomic mass is 9.46. The zero-order valence-electron chi connectivity index (χ0n) is 17.3. The first kappa shape index (κ1) is 19.3. The monoisotopic (exact) mass is 400 g/mol. The van der Waals surface area contributed by atoms with Crippen molar-refractivity contribution in [3.05, 3.63) is 24.0 Å². The molecule has 158 valence electrons. The normalized spacial score (nSPS) is 50.2. The van der Waals surface area contributed by atoms with Crippen LogP contribution in [-0.2, 0) is 9.53 Å². The van der Waals surface area contributed by atoms with Crippen LogP contribution in [0.4, 0.5) is 4.79 Å². The molecule has 4 saturated carbocycles. The highest BCUT2D eigenvalue weighted by atomic mass is 16.7. The molecule has 5 aliphatic carbocycles. The van der Waals surface area contributed by atoms with Crippen LogP contribution < -0.4 is 0 Å². The summed E-state index contributed by atoms with van der Waals surface area (Å²) in [6.07, 6.45) is 10.3. The Hall–Kier alpha value is -1.62. The third kappa shape index (κ3) is 2.62. The van der Waals surface area contributed by atoms with Gasteiger partial charge in [0.2, 0.25) is 0 Å². The number of ether oxygens (including phenoxy) is 1. The van der Waals surface area contributed by atoms with Gasteiger partial charge in [-0.25, -0.2) is 4.79 Å². The molecule has 29 heavy (non-hydrogen) atoms. The summed E-state index contributed by atoms with van der Waals surface area (Å²) >= 11 is 0. The summed E-state index contributed by atoms with van der Waals surface area (Å²) in [4.78, 5) is 22.8. The van der Waals surface area contributed by atoms with Crippen molar-refractivity contribution in [1.29, 1.82) is 0 Å². The van der Waals surface area contributed by atoms with Crippen LogP contribution >= 0.6 is 0 Å². The highest BCUT2D eigenvalue weighted by Gasteiger charge is 2.75. The average molecular weight is 401 g/mol. The SMILES string of the molecule is CC[C@@H]1CC2=CC(=O)CC[C@@H]2[C@H]2CC[C@@]3(C)[C@@H]([C@H]4C[C@H]4[C@@]3(O)/C=C\OC(=O)O)[C@H]12. The van der Waals surface area contributed by atoms with Crippen LogP contribution in [0.3, 0.4) is 0 Å². The lowest BCUT2D eigenvalue weighted by molar-refractivity contribution is -0.128. The third-order valence-corrected chi connectivity index (χ3v) is 9.52. The van der Waals surface area contributed by atoms with Gasteiger partial charge in [-0.2, -0.15) is 0 Å². The van der Waals surface area contributed by atoms with Crippen molar-refractivity contribution in [2.45, 2.75) is 64.4 Å². The van der Waals surface area contributed by atoms with Crippen LogP contribution in [0, 0.1) is 46.8 Å². The van der Waals surface area contributed by atoms with Crippen LogP contribution in [0.5, 0.6) is 0 Å². The van der Waals surface area contributed by atoms with Gasteiger partial charge in [0, 0.05) is 11.8 Å². The summed E-state index contributed by atoms with van der Waals surface area (Å²) < 4.78 is 4.63. The fourth-order valence-electron chi connectivity index (χ4n) is 8.33. The first-order valence-electron chi connectivity index (χ1n) is 11.3. The van der Waals surface area contributed by atoms with E-state index in [9.17, 15) is 14.7 Å².